The smallest absolute Gasteiger partial charge is 0.311 e. The molecule has 10 rings (SSSR count). The van der Waals surface area contributed by atoms with Crippen LogP contribution in [0.15, 0.2) is 133 Å². The van der Waals surface area contributed by atoms with Gasteiger partial charge in [0.2, 0.25) is 0 Å². The summed E-state index contributed by atoms with van der Waals surface area (Å²) in [5.41, 5.74) is 0. The molecule has 10 aromatic rings. The molecular formula is C46H30O4. The Morgan fingerprint density at radius 2 is 0.660 bits per heavy atom. The Labute approximate surface area is 287 Å². The van der Waals surface area contributed by atoms with Gasteiger partial charge in [-0.3, -0.25) is 9.59 Å². The zero-order chi connectivity index (χ0) is 33.3. The van der Waals surface area contributed by atoms with E-state index in [0.29, 0.717) is 24.3 Å². The predicted octanol–water partition coefficient (Wildman–Crippen LogP) is 11.9. The molecule has 4 heteroatoms. The predicted molar refractivity (Wildman–Crippen MR) is 205 cm³/mol. The molecule has 0 aliphatic heterocycles. The van der Waals surface area contributed by atoms with Gasteiger partial charge in [-0.15, -0.1) is 0 Å². The minimum Gasteiger partial charge on any atom is -0.426 e. The van der Waals surface area contributed by atoms with Crippen molar-refractivity contribution >= 4 is 98.1 Å². The molecule has 0 saturated carbocycles. The Balaban J connectivity index is 0.886. The van der Waals surface area contributed by atoms with Gasteiger partial charge in [-0.25, -0.2) is 0 Å². The van der Waals surface area contributed by atoms with Crippen molar-refractivity contribution in [1.82, 2.24) is 0 Å². The zero-order valence-corrected chi connectivity index (χ0v) is 27.2. The van der Waals surface area contributed by atoms with Crippen LogP contribution in [0.2, 0.25) is 0 Å². The lowest BCUT2D eigenvalue weighted by Crippen LogP contribution is -2.10. The van der Waals surface area contributed by atoms with Crippen LogP contribution >= 0.6 is 0 Å². The molecule has 0 heterocycles. The first-order chi connectivity index (χ1) is 24.6. The highest BCUT2D eigenvalue weighted by Crippen LogP contribution is 2.45. The molecule has 0 radical (unpaired) electrons. The number of carbonyl (C=O) groups excluding carboxylic acids is 2. The molecule has 0 unspecified atom stereocenters. The Morgan fingerprint density at radius 1 is 0.340 bits per heavy atom. The van der Waals surface area contributed by atoms with E-state index in [1.54, 1.807) is 0 Å². The number of carbonyl (C=O) groups is 2. The van der Waals surface area contributed by atoms with Crippen LogP contribution in [0.1, 0.15) is 25.7 Å². The Bertz CT molecular complexity index is 2760. The second-order valence-corrected chi connectivity index (χ2v) is 13.3. The molecule has 0 fully saturated rings. The summed E-state index contributed by atoms with van der Waals surface area (Å²) in [5, 5.41) is 17.9. The maximum Gasteiger partial charge on any atom is 0.311 e. The van der Waals surface area contributed by atoms with Crippen molar-refractivity contribution in [1.29, 1.82) is 0 Å². The van der Waals surface area contributed by atoms with E-state index in [1.807, 2.05) is 24.3 Å². The Morgan fingerprint density at radius 3 is 1.04 bits per heavy atom. The summed E-state index contributed by atoms with van der Waals surface area (Å²) in [4.78, 5) is 26.5. The van der Waals surface area contributed by atoms with E-state index >= 15 is 0 Å². The minimum atomic E-state index is -0.310. The minimum absolute atomic E-state index is 0.205. The van der Waals surface area contributed by atoms with Crippen LogP contribution in [-0.4, -0.2) is 11.9 Å². The van der Waals surface area contributed by atoms with Gasteiger partial charge in [0.25, 0.3) is 0 Å². The summed E-state index contributed by atoms with van der Waals surface area (Å²) < 4.78 is 12.1. The summed E-state index contributed by atoms with van der Waals surface area (Å²) in [5.74, 6) is 0.515. The third-order valence-electron chi connectivity index (χ3n) is 10.4. The summed E-state index contributed by atoms with van der Waals surface area (Å²) in [6, 6.07) is 45.9. The molecule has 0 bridgehead atoms. The monoisotopic (exact) mass is 646 g/mol. The fourth-order valence-electron chi connectivity index (χ4n) is 8.31. The van der Waals surface area contributed by atoms with Crippen LogP contribution in [0.5, 0.6) is 11.5 Å². The van der Waals surface area contributed by atoms with Crippen molar-refractivity contribution in [2.45, 2.75) is 25.7 Å². The van der Waals surface area contributed by atoms with Crippen molar-refractivity contribution in [3.8, 4) is 11.5 Å². The van der Waals surface area contributed by atoms with Gasteiger partial charge in [0, 0.05) is 34.4 Å². The van der Waals surface area contributed by atoms with Crippen molar-refractivity contribution < 1.29 is 19.1 Å². The molecule has 0 aliphatic carbocycles. The molecule has 0 N–H and O–H groups in total. The lowest BCUT2D eigenvalue weighted by Gasteiger charge is -2.17. The van der Waals surface area contributed by atoms with Crippen molar-refractivity contribution in [3.05, 3.63) is 133 Å². The second-order valence-electron chi connectivity index (χ2n) is 13.3. The largest absolute Gasteiger partial charge is 0.426 e. The number of esters is 2. The maximum atomic E-state index is 13.2. The Hall–Kier alpha value is -6.26. The van der Waals surface area contributed by atoms with E-state index in [4.69, 9.17) is 9.47 Å². The second kappa shape index (κ2) is 11.1. The number of rotatable bonds is 7. The molecule has 0 amide bonds. The van der Waals surface area contributed by atoms with Crippen LogP contribution < -0.4 is 9.47 Å². The van der Waals surface area contributed by atoms with Crippen molar-refractivity contribution in [3.63, 3.8) is 0 Å². The molecule has 50 heavy (non-hydrogen) atoms. The van der Waals surface area contributed by atoms with Crippen LogP contribution in [0.25, 0.3) is 86.2 Å². The number of benzene rings is 10. The van der Waals surface area contributed by atoms with Gasteiger partial charge < -0.3 is 9.47 Å². The lowest BCUT2D eigenvalue weighted by atomic mass is 9.89. The average molecular weight is 647 g/mol. The molecule has 0 aliphatic rings. The van der Waals surface area contributed by atoms with E-state index < -0.39 is 0 Å². The number of unbranched alkanes of at least 4 members (excludes halogenated alkanes) is 1. The fourth-order valence-corrected chi connectivity index (χ4v) is 8.31. The fraction of sp³-hybridized carbons (Fsp3) is 0.0870. The topological polar surface area (TPSA) is 52.6 Å². The molecular weight excluding hydrogens is 617 g/mol. The van der Waals surface area contributed by atoms with Crippen molar-refractivity contribution in [2.24, 2.45) is 0 Å². The van der Waals surface area contributed by atoms with Gasteiger partial charge in [0.05, 0.1) is 0 Å². The first-order valence-electron chi connectivity index (χ1n) is 17.2. The molecule has 10 aromatic carbocycles. The molecule has 238 valence electrons. The van der Waals surface area contributed by atoms with Gasteiger partial charge in [-0.2, -0.15) is 0 Å². The number of hydrogen-bond acceptors (Lipinski definition) is 4. The van der Waals surface area contributed by atoms with Crippen LogP contribution in [0, 0.1) is 0 Å². The first-order valence-corrected chi connectivity index (χ1v) is 17.2. The number of fused-ring (bicyclic) bond motifs is 4. The van der Waals surface area contributed by atoms with E-state index in [2.05, 4.69) is 109 Å². The summed E-state index contributed by atoms with van der Waals surface area (Å²) in [7, 11) is 0. The van der Waals surface area contributed by atoms with Gasteiger partial charge in [0.1, 0.15) is 11.5 Å². The first kappa shape index (κ1) is 28.7. The molecule has 0 spiro atoms. The van der Waals surface area contributed by atoms with E-state index in [-0.39, 0.29) is 24.8 Å². The van der Waals surface area contributed by atoms with Crippen LogP contribution in [-0.2, 0) is 9.59 Å². The molecule has 0 atom stereocenters. The van der Waals surface area contributed by atoms with Crippen molar-refractivity contribution in [2.75, 3.05) is 0 Å². The lowest BCUT2D eigenvalue weighted by molar-refractivity contribution is -0.136. The summed E-state index contributed by atoms with van der Waals surface area (Å²) in [6.07, 6.45) is 1.44. The van der Waals surface area contributed by atoms with Gasteiger partial charge in [-0.1, -0.05) is 121 Å². The number of hydrogen-bond donors (Lipinski definition) is 0. The summed E-state index contributed by atoms with van der Waals surface area (Å²) in [6.45, 7) is 0. The highest BCUT2D eigenvalue weighted by molar-refractivity contribution is 6.35. The van der Waals surface area contributed by atoms with Gasteiger partial charge >= 0.3 is 11.9 Å². The molecule has 0 aromatic heterocycles. The zero-order valence-electron chi connectivity index (χ0n) is 27.2. The highest BCUT2D eigenvalue weighted by Gasteiger charge is 2.20. The normalized spacial score (nSPS) is 12.1. The van der Waals surface area contributed by atoms with E-state index in [0.717, 1.165) is 64.6 Å². The van der Waals surface area contributed by atoms with Crippen LogP contribution in [0.3, 0.4) is 0 Å². The standard InChI is InChI=1S/C46H30O4/c47-39(49-37-25-23-29-13-5-17-33-31-15-3-9-27-11-7-19-35(41(27)31)45(37)43(29)33)21-1-2-22-40(48)50-38-26-24-30-14-6-18-34-32-16-4-10-28-12-8-20-36(42(28)32)46(38)44(30)34/h3-20,23-26H,1-2,21-22H2. The van der Waals surface area contributed by atoms with Gasteiger partial charge in [-0.05, 0) is 89.6 Å². The maximum absolute atomic E-state index is 13.2. The summed E-state index contributed by atoms with van der Waals surface area (Å²) >= 11 is 0. The van der Waals surface area contributed by atoms with Gasteiger partial charge in [0.15, 0.2) is 0 Å². The third-order valence-corrected chi connectivity index (χ3v) is 10.4. The number of ether oxygens (including phenoxy) is 2. The van der Waals surface area contributed by atoms with E-state index in [1.165, 1.54) is 21.5 Å². The quantitative estimate of drug-likeness (QED) is 0.0568. The van der Waals surface area contributed by atoms with Crippen LogP contribution in [0.4, 0.5) is 0 Å². The Kier molecular flexibility index (Phi) is 6.40. The van der Waals surface area contributed by atoms with E-state index in [9.17, 15) is 9.59 Å². The molecule has 4 nitrogen and oxygen atoms in total. The third kappa shape index (κ3) is 4.31. The SMILES string of the molecule is O=C(CCCCC(=O)Oc1ccc2cccc3c4cccc5cccc(c1c23)c54)Oc1ccc2cccc3c4cccc5cccc(c1c23)c54. The molecule has 0 saturated heterocycles. The average Bonchev–Trinajstić information content (AvgIpc) is 3.15. The highest BCUT2D eigenvalue weighted by atomic mass is 16.5.